The molecule has 0 saturated carbocycles. The molecule has 1 saturated heterocycles. The molecule has 1 atom stereocenters. The molecule has 0 aromatic rings. The van der Waals surface area contributed by atoms with Crippen molar-refractivity contribution in [3.8, 4) is 0 Å². The summed E-state index contributed by atoms with van der Waals surface area (Å²) in [5.74, 6) is 0.110. The van der Waals surface area contributed by atoms with Gasteiger partial charge in [0.05, 0.1) is 12.7 Å². The van der Waals surface area contributed by atoms with Crippen molar-refractivity contribution in [3.05, 3.63) is 0 Å². The van der Waals surface area contributed by atoms with Gasteiger partial charge in [0.25, 0.3) is 0 Å². The largest absolute Gasteiger partial charge is 0.380 e. The Labute approximate surface area is 90.4 Å². The average molecular weight is 216 g/mol. The van der Waals surface area contributed by atoms with Crippen LogP contribution in [0.25, 0.3) is 0 Å². The first-order valence-corrected chi connectivity index (χ1v) is 5.11. The normalized spacial score (nSPS) is 23.9. The van der Waals surface area contributed by atoms with E-state index in [1.54, 1.807) is 11.9 Å². The first-order chi connectivity index (χ1) is 7.10. The number of hydrogen-bond donors (Lipinski definition) is 2. The van der Waals surface area contributed by atoms with Crippen molar-refractivity contribution in [2.24, 2.45) is 0 Å². The number of nitrogens with zero attached hydrogens (tertiary/aromatic N) is 3. The molecule has 1 aliphatic rings. The second-order valence-corrected chi connectivity index (χ2v) is 3.79. The number of hydrazine groups is 2. The predicted octanol–water partition coefficient (Wildman–Crippen LogP) is -1.16. The van der Waals surface area contributed by atoms with E-state index < -0.39 is 0 Å². The van der Waals surface area contributed by atoms with E-state index in [4.69, 9.17) is 0 Å². The molecule has 1 fully saturated rings. The lowest BCUT2D eigenvalue weighted by atomic mass is 10.1. The Morgan fingerprint density at radius 2 is 2.33 bits per heavy atom. The van der Waals surface area contributed by atoms with Crippen molar-refractivity contribution < 1.29 is 9.90 Å². The molecule has 1 heterocycles. The Morgan fingerprint density at radius 3 is 2.80 bits per heavy atom. The van der Waals surface area contributed by atoms with E-state index in [1.165, 1.54) is 0 Å². The molecule has 2 N–H and O–H groups in total. The van der Waals surface area contributed by atoms with Gasteiger partial charge in [-0.2, -0.15) is 0 Å². The van der Waals surface area contributed by atoms with Crippen LogP contribution in [0.1, 0.15) is 13.3 Å². The van der Waals surface area contributed by atoms with Gasteiger partial charge in [-0.3, -0.25) is 10.2 Å². The van der Waals surface area contributed by atoms with E-state index >= 15 is 0 Å². The Kier molecular flexibility index (Phi) is 4.62. The highest BCUT2D eigenvalue weighted by Crippen LogP contribution is 2.18. The topological polar surface area (TPSA) is 59.0 Å². The van der Waals surface area contributed by atoms with Gasteiger partial charge >= 0.3 is 0 Å². The van der Waals surface area contributed by atoms with Gasteiger partial charge in [0, 0.05) is 13.6 Å². The summed E-state index contributed by atoms with van der Waals surface area (Å²) in [6.07, 6.45) is 0.785. The van der Waals surface area contributed by atoms with Crippen molar-refractivity contribution in [2.75, 3.05) is 34.0 Å². The number of carbonyl (C=O) groups is 1. The minimum absolute atomic E-state index is 0.109. The molecule has 88 valence electrons. The predicted molar refractivity (Wildman–Crippen MR) is 56.4 cm³/mol. The number of aliphatic hydroxyl groups excluding tert-OH is 1. The molecule has 0 amide bonds. The fourth-order valence-electron chi connectivity index (χ4n) is 1.81. The smallest absolute Gasteiger partial charge is 0.148 e. The molecule has 6 nitrogen and oxygen atoms in total. The van der Waals surface area contributed by atoms with E-state index in [2.05, 4.69) is 5.43 Å². The van der Waals surface area contributed by atoms with Crippen LogP contribution in [0.5, 0.6) is 0 Å². The minimum Gasteiger partial charge on any atom is -0.380 e. The monoisotopic (exact) mass is 216 g/mol. The molecule has 0 aromatic carbocycles. The number of rotatable bonds is 5. The summed E-state index contributed by atoms with van der Waals surface area (Å²) >= 11 is 0. The van der Waals surface area contributed by atoms with E-state index in [0.29, 0.717) is 6.67 Å². The van der Waals surface area contributed by atoms with Crippen molar-refractivity contribution in [1.82, 2.24) is 20.5 Å². The van der Waals surface area contributed by atoms with Gasteiger partial charge in [0.15, 0.2) is 0 Å². The van der Waals surface area contributed by atoms with Gasteiger partial charge < -0.3 is 5.11 Å². The number of hydrogen-bond acceptors (Lipinski definition) is 6. The van der Waals surface area contributed by atoms with Crippen LogP contribution in [-0.2, 0) is 4.79 Å². The van der Waals surface area contributed by atoms with Crippen LogP contribution < -0.4 is 5.43 Å². The Balaban J connectivity index is 2.56. The second-order valence-electron chi connectivity index (χ2n) is 3.79. The third-order valence-corrected chi connectivity index (χ3v) is 2.75. The standard InChI is InChI=1S/C9H20N4O2/c1-8(15)9-4-5-12(13(9)7-14)6-11(3)10-2/h9-10,14H,4-7H2,1-3H3. The zero-order valence-corrected chi connectivity index (χ0v) is 9.60. The number of carbonyl (C=O) groups excluding carboxylic acids is 1. The van der Waals surface area contributed by atoms with Crippen LogP contribution in [-0.4, -0.2) is 66.0 Å². The quantitative estimate of drug-likeness (QED) is 0.565. The van der Waals surface area contributed by atoms with Gasteiger partial charge in [0.2, 0.25) is 0 Å². The molecule has 1 rings (SSSR count). The van der Waals surface area contributed by atoms with E-state index in [0.717, 1.165) is 13.0 Å². The van der Waals surface area contributed by atoms with E-state index in [-0.39, 0.29) is 18.6 Å². The number of ketones is 1. The number of Topliss-reactive ketones (excluding diaryl/α,β-unsaturated/α-hetero) is 1. The summed E-state index contributed by atoms with van der Waals surface area (Å²) in [5, 5.41) is 14.8. The maximum Gasteiger partial charge on any atom is 0.148 e. The summed E-state index contributed by atoms with van der Waals surface area (Å²) in [6, 6.07) is -0.166. The first-order valence-electron chi connectivity index (χ1n) is 5.11. The van der Waals surface area contributed by atoms with Crippen LogP contribution in [0.15, 0.2) is 0 Å². The van der Waals surface area contributed by atoms with Crippen LogP contribution >= 0.6 is 0 Å². The highest BCUT2D eigenvalue weighted by molar-refractivity contribution is 5.81. The molecule has 1 unspecified atom stereocenters. The SMILES string of the molecule is CNN(C)CN1CCC(C(C)=O)N1CO. The number of nitrogens with one attached hydrogen (secondary N) is 1. The van der Waals surface area contributed by atoms with E-state index in [1.807, 2.05) is 24.1 Å². The fourth-order valence-corrected chi connectivity index (χ4v) is 1.81. The number of aliphatic hydroxyl groups is 1. The van der Waals surface area contributed by atoms with Crippen molar-refractivity contribution in [1.29, 1.82) is 0 Å². The second kappa shape index (κ2) is 5.53. The molecule has 0 radical (unpaired) electrons. The van der Waals surface area contributed by atoms with Gasteiger partial charge in [-0.05, 0) is 20.4 Å². The minimum atomic E-state index is -0.166. The molecule has 6 heteroatoms. The fraction of sp³-hybridized carbons (Fsp3) is 0.889. The molecule has 1 aliphatic heterocycles. The zero-order chi connectivity index (χ0) is 11.4. The Bertz CT molecular complexity index is 224. The highest BCUT2D eigenvalue weighted by atomic mass is 16.3. The lowest BCUT2D eigenvalue weighted by Gasteiger charge is -2.31. The summed E-state index contributed by atoms with van der Waals surface area (Å²) in [6.45, 7) is 2.91. The zero-order valence-electron chi connectivity index (χ0n) is 9.60. The maximum absolute atomic E-state index is 11.3. The summed E-state index contributed by atoms with van der Waals surface area (Å²) in [7, 11) is 3.75. The van der Waals surface area contributed by atoms with Crippen LogP contribution in [0, 0.1) is 0 Å². The molecular formula is C9H20N4O2. The Morgan fingerprint density at radius 1 is 1.67 bits per heavy atom. The highest BCUT2D eigenvalue weighted by Gasteiger charge is 2.34. The third kappa shape index (κ3) is 2.96. The molecule has 0 bridgehead atoms. The average Bonchev–Trinajstić information content (AvgIpc) is 2.60. The van der Waals surface area contributed by atoms with Gasteiger partial charge in [0.1, 0.15) is 12.5 Å². The van der Waals surface area contributed by atoms with Crippen molar-refractivity contribution in [2.45, 2.75) is 19.4 Å². The molecule has 0 spiro atoms. The Hall–Kier alpha value is -0.530. The summed E-state index contributed by atoms with van der Waals surface area (Å²) in [4.78, 5) is 11.3. The van der Waals surface area contributed by atoms with Crippen LogP contribution in [0.2, 0.25) is 0 Å². The maximum atomic E-state index is 11.3. The van der Waals surface area contributed by atoms with Gasteiger partial charge in [-0.1, -0.05) is 0 Å². The van der Waals surface area contributed by atoms with E-state index in [9.17, 15) is 9.90 Å². The van der Waals surface area contributed by atoms with Crippen LogP contribution in [0.3, 0.4) is 0 Å². The molecule has 0 aliphatic carbocycles. The molecule has 0 aromatic heterocycles. The van der Waals surface area contributed by atoms with Crippen LogP contribution in [0.4, 0.5) is 0 Å². The summed E-state index contributed by atoms with van der Waals surface area (Å²) in [5.41, 5.74) is 2.98. The first kappa shape index (κ1) is 12.5. The lowest BCUT2D eigenvalue weighted by Crippen LogP contribution is -2.50. The molecular weight excluding hydrogens is 196 g/mol. The van der Waals surface area contributed by atoms with Crippen molar-refractivity contribution >= 4 is 5.78 Å². The van der Waals surface area contributed by atoms with Gasteiger partial charge in [-0.25, -0.2) is 15.0 Å². The van der Waals surface area contributed by atoms with Gasteiger partial charge in [-0.15, -0.1) is 0 Å². The third-order valence-electron chi connectivity index (χ3n) is 2.75. The lowest BCUT2D eigenvalue weighted by molar-refractivity contribution is -0.135. The summed E-state index contributed by atoms with van der Waals surface area (Å²) < 4.78 is 0. The molecule has 15 heavy (non-hydrogen) atoms. The van der Waals surface area contributed by atoms with Crippen molar-refractivity contribution in [3.63, 3.8) is 0 Å².